The highest BCUT2D eigenvalue weighted by Gasteiger charge is 2.69. The molecule has 1 aromatic carbocycles. The number of nitriles is 2. The smallest absolute Gasteiger partial charge is 0.277 e. The quantitative estimate of drug-likeness (QED) is 0.553. The van der Waals surface area contributed by atoms with Gasteiger partial charge in [0.1, 0.15) is 0 Å². The number of nitrogens with zero attached hydrogens (tertiary/aromatic N) is 5. The summed E-state index contributed by atoms with van der Waals surface area (Å²) in [6.45, 7) is 2.49. The second kappa shape index (κ2) is 7.95. The Labute approximate surface area is 222 Å². The molecule has 1 amide bonds. The van der Waals surface area contributed by atoms with Crippen molar-refractivity contribution in [2.24, 2.45) is 22.5 Å². The van der Waals surface area contributed by atoms with Crippen molar-refractivity contribution >= 4 is 17.5 Å². The van der Waals surface area contributed by atoms with E-state index in [-0.39, 0.29) is 24.0 Å². The summed E-state index contributed by atoms with van der Waals surface area (Å²) in [7, 11) is 4.01. The monoisotopic (exact) mass is 507 g/mol. The van der Waals surface area contributed by atoms with Gasteiger partial charge in [-0.05, 0) is 57.2 Å². The minimum absolute atomic E-state index is 0.0689. The fourth-order valence-corrected chi connectivity index (χ4v) is 7.61. The molecule has 0 aromatic heterocycles. The Morgan fingerprint density at radius 2 is 1.87 bits per heavy atom. The van der Waals surface area contributed by atoms with Crippen molar-refractivity contribution in [2.45, 2.75) is 18.4 Å². The molecule has 2 atom stereocenters. The van der Waals surface area contributed by atoms with Gasteiger partial charge in [0.05, 0.1) is 41.6 Å². The van der Waals surface area contributed by atoms with E-state index in [4.69, 9.17) is 22.3 Å². The van der Waals surface area contributed by atoms with E-state index in [1.165, 1.54) is 0 Å². The van der Waals surface area contributed by atoms with Crippen LogP contribution in [0.1, 0.15) is 18.4 Å². The zero-order valence-corrected chi connectivity index (χ0v) is 21.5. The lowest BCUT2D eigenvalue weighted by Gasteiger charge is -2.58. The van der Waals surface area contributed by atoms with Crippen molar-refractivity contribution in [1.82, 2.24) is 9.80 Å². The Hall–Kier alpha value is -4.10. The summed E-state index contributed by atoms with van der Waals surface area (Å²) in [6, 6.07) is 12.0. The van der Waals surface area contributed by atoms with Gasteiger partial charge in [0, 0.05) is 24.1 Å². The van der Waals surface area contributed by atoms with Crippen LogP contribution >= 0.6 is 0 Å². The van der Waals surface area contributed by atoms with Crippen molar-refractivity contribution in [3.63, 3.8) is 0 Å². The van der Waals surface area contributed by atoms with Gasteiger partial charge in [-0.1, -0.05) is 24.1 Å². The topological polar surface area (TPSA) is 133 Å². The Morgan fingerprint density at radius 3 is 2.53 bits per heavy atom. The highest BCUT2D eigenvalue weighted by atomic mass is 16.5. The van der Waals surface area contributed by atoms with Crippen LogP contribution in [0, 0.1) is 57.2 Å². The third kappa shape index (κ3) is 2.62. The molecule has 38 heavy (non-hydrogen) atoms. The van der Waals surface area contributed by atoms with Crippen molar-refractivity contribution in [1.29, 1.82) is 15.9 Å². The summed E-state index contributed by atoms with van der Waals surface area (Å²) >= 11 is 0. The first-order valence-electron chi connectivity index (χ1n) is 12.8. The standard InChI is InChI=1S/C29H29N7O2/c1-4-11-36-21-8-6-5-7-18(21)29(26(36)37)20-15-35(3)14-19-22(20)23(25(33)38-29)24(32)28(16-30,17-31)27(19)9-12-34(2)13-10-27/h1,5-8,20,33H,9-15,32H2,2-3H3/t20-,29-/m0/s1. The summed E-state index contributed by atoms with van der Waals surface area (Å²) in [5.41, 5.74) is 6.26. The minimum Gasteiger partial charge on any atom is -0.455 e. The number of terminal acetylenes is 1. The van der Waals surface area contributed by atoms with E-state index >= 15 is 0 Å². The SMILES string of the molecule is C#CCN1C(=O)[C@]2(OC(=N)C3=C(N)C(C#N)(C#N)C4(CCN(C)CC4)C4=C3[C@@H]2CN(C)C4)c2ccccc21. The summed E-state index contributed by atoms with van der Waals surface area (Å²) in [5, 5.41) is 30.2. The molecule has 0 unspecified atom stereocenters. The minimum atomic E-state index is -1.64. The van der Waals surface area contributed by atoms with Gasteiger partial charge in [-0.15, -0.1) is 6.42 Å². The van der Waals surface area contributed by atoms with Gasteiger partial charge in [0.25, 0.3) is 5.91 Å². The van der Waals surface area contributed by atoms with Gasteiger partial charge < -0.3 is 20.3 Å². The Bertz CT molecular complexity index is 1460. The molecular weight excluding hydrogens is 478 g/mol. The van der Waals surface area contributed by atoms with Crippen LogP contribution < -0.4 is 10.6 Å². The Morgan fingerprint density at radius 1 is 1.18 bits per heavy atom. The number of rotatable bonds is 1. The number of hydrogen-bond donors (Lipinski definition) is 2. The fourth-order valence-electron chi connectivity index (χ4n) is 7.61. The van der Waals surface area contributed by atoms with E-state index in [0.717, 1.165) is 11.1 Å². The number of amides is 1. The summed E-state index contributed by atoms with van der Waals surface area (Å²) in [4.78, 5) is 20.2. The number of benzene rings is 1. The number of nitrogens with one attached hydrogen (secondary N) is 1. The second-order valence-corrected chi connectivity index (χ2v) is 11.1. The molecule has 1 aliphatic carbocycles. The lowest BCUT2D eigenvalue weighted by atomic mass is 9.48. The van der Waals surface area contributed by atoms with Gasteiger partial charge in [-0.2, -0.15) is 10.5 Å². The van der Waals surface area contributed by atoms with Crippen LogP contribution in [-0.4, -0.2) is 68.4 Å². The van der Waals surface area contributed by atoms with E-state index in [1.807, 2.05) is 38.4 Å². The molecule has 2 saturated heterocycles. The molecule has 9 nitrogen and oxygen atoms in total. The number of carbonyl (C=O) groups excluding carboxylic acids is 1. The zero-order chi connectivity index (χ0) is 27.0. The van der Waals surface area contributed by atoms with E-state index in [2.05, 4.69) is 27.9 Å². The maximum absolute atomic E-state index is 14.3. The molecule has 1 aromatic rings. The van der Waals surface area contributed by atoms with Gasteiger partial charge in [0.2, 0.25) is 11.5 Å². The molecule has 192 valence electrons. The highest BCUT2D eigenvalue weighted by Crippen LogP contribution is 2.65. The summed E-state index contributed by atoms with van der Waals surface area (Å²) < 4.78 is 6.40. The molecule has 2 spiro atoms. The summed E-state index contributed by atoms with van der Waals surface area (Å²) in [6.07, 6.45) is 6.80. The van der Waals surface area contributed by atoms with E-state index in [9.17, 15) is 15.3 Å². The Balaban J connectivity index is 1.68. The molecule has 0 bridgehead atoms. The predicted molar refractivity (Wildman–Crippen MR) is 140 cm³/mol. The number of likely N-dealkylation sites (N-methyl/N-ethyl adjacent to an activating group) is 1. The van der Waals surface area contributed by atoms with Crippen molar-refractivity contribution in [2.75, 3.05) is 51.7 Å². The van der Waals surface area contributed by atoms with Crippen LogP contribution in [0.25, 0.3) is 0 Å². The number of piperidine rings is 1. The van der Waals surface area contributed by atoms with Crippen LogP contribution in [-0.2, 0) is 15.1 Å². The molecular formula is C29H29N7O2. The highest BCUT2D eigenvalue weighted by molar-refractivity contribution is 6.12. The molecule has 4 heterocycles. The summed E-state index contributed by atoms with van der Waals surface area (Å²) in [5.74, 6) is 1.50. The maximum Gasteiger partial charge on any atom is 0.277 e. The van der Waals surface area contributed by atoms with Crippen LogP contribution in [0.5, 0.6) is 0 Å². The van der Waals surface area contributed by atoms with Crippen molar-refractivity contribution < 1.29 is 9.53 Å². The van der Waals surface area contributed by atoms with Gasteiger partial charge in [-0.25, -0.2) is 0 Å². The van der Waals surface area contributed by atoms with Crippen molar-refractivity contribution in [3.8, 4) is 24.5 Å². The number of likely N-dealkylation sites (tertiary alicyclic amines) is 1. The molecule has 9 heteroatoms. The number of para-hydroxylation sites is 1. The number of ether oxygens (including phenoxy) is 1. The third-order valence-electron chi connectivity index (χ3n) is 9.40. The van der Waals surface area contributed by atoms with Gasteiger partial charge in [-0.3, -0.25) is 15.1 Å². The number of nitrogens with two attached hydrogens (primary N) is 1. The predicted octanol–water partition coefficient (Wildman–Crippen LogP) is 1.70. The largest absolute Gasteiger partial charge is 0.455 e. The molecule has 0 saturated carbocycles. The van der Waals surface area contributed by atoms with Crippen molar-refractivity contribution in [3.05, 3.63) is 52.2 Å². The van der Waals surface area contributed by atoms with Crippen LogP contribution in [0.2, 0.25) is 0 Å². The van der Waals surface area contributed by atoms with Gasteiger partial charge in [0.15, 0.2) is 5.41 Å². The molecule has 2 fully saturated rings. The van der Waals surface area contributed by atoms with Crippen LogP contribution in [0.15, 0.2) is 46.7 Å². The lowest BCUT2D eigenvalue weighted by molar-refractivity contribution is -0.140. The fraction of sp³-hybridized carbons (Fsp3) is 0.448. The van der Waals surface area contributed by atoms with E-state index in [1.54, 1.807) is 4.90 Å². The average Bonchev–Trinajstić information content (AvgIpc) is 3.14. The maximum atomic E-state index is 14.3. The Kier molecular flexibility index (Phi) is 5.07. The van der Waals surface area contributed by atoms with Crippen LogP contribution in [0.4, 0.5) is 5.69 Å². The molecule has 3 N–H and O–H groups in total. The number of hydrogen-bond acceptors (Lipinski definition) is 8. The van der Waals surface area contributed by atoms with E-state index < -0.39 is 22.3 Å². The van der Waals surface area contributed by atoms with E-state index in [0.29, 0.717) is 55.8 Å². The molecule has 6 rings (SSSR count). The molecule has 4 aliphatic heterocycles. The second-order valence-electron chi connectivity index (χ2n) is 11.1. The van der Waals surface area contributed by atoms with Gasteiger partial charge >= 0.3 is 0 Å². The first kappa shape index (κ1) is 24.2. The zero-order valence-electron chi connectivity index (χ0n) is 21.5. The average molecular weight is 508 g/mol. The number of anilines is 1. The number of allylic oxidation sites excluding steroid dienone is 1. The number of fused-ring (bicyclic) bond motifs is 4. The number of carbonyl (C=O) groups is 1. The molecule has 0 radical (unpaired) electrons. The lowest BCUT2D eigenvalue weighted by Crippen LogP contribution is -2.63. The first-order valence-corrected chi connectivity index (χ1v) is 12.8. The first-order chi connectivity index (χ1) is 18.2. The normalized spacial score (nSPS) is 29.4. The third-order valence-corrected chi connectivity index (χ3v) is 9.40. The molecule has 5 aliphatic rings. The van der Waals surface area contributed by atoms with Crippen LogP contribution in [0.3, 0.4) is 0 Å².